The summed E-state index contributed by atoms with van der Waals surface area (Å²) in [5.41, 5.74) is 1.42. The molecule has 2 heteroatoms. The molecule has 1 unspecified atom stereocenters. The van der Waals surface area contributed by atoms with E-state index in [2.05, 4.69) is 37.3 Å². The lowest BCUT2D eigenvalue weighted by atomic mass is 10.1. The first kappa shape index (κ1) is 14.8. The molecule has 1 aromatic rings. The van der Waals surface area contributed by atoms with Gasteiger partial charge in [0.2, 0.25) is 0 Å². The lowest BCUT2D eigenvalue weighted by Gasteiger charge is -2.07. The van der Waals surface area contributed by atoms with Crippen LogP contribution in [0.5, 0.6) is 0 Å². The lowest BCUT2D eigenvalue weighted by molar-refractivity contribution is 0.623. The van der Waals surface area contributed by atoms with Crippen molar-refractivity contribution in [3.8, 4) is 0 Å². The standard InChI is InChI=1S/C15H25ClSi/c1-2-3-4-5-6-10-13-17(16)14-15-11-8-7-9-12-15/h7-9,11-12,17H,2-6,10,13-14H2,1H3. The first-order valence-electron chi connectivity index (χ1n) is 7.01. The van der Waals surface area contributed by atoms with Crippen LogP contribution in [0.4, 0.5) is 0 Å². The Morgan fingerprint density at radius 1 is 0.941 bits per heavy atom. The van der Waals surface area contributed by atoms with Crippen LogP contribution < -0.4 is 0 Å². The minimum Gasteiger partial charge on any atom is -0.171 e. The Balaban J connectivity index is 2.03. The highest BCUT2D eigenvalue weighted by Gasteiger charge is 2.07. The molecule has 0 saturated carbocycles. The first-order chi connectivity index (χ1) is 8.33. The number of hydrogen-bond acceptors (Lipinski definition) is 0. The van der Waals surface area contributed by atoms with Gasteiger partial charge in [0.25, 0.3) is 0 Å². The van der Waals surface area contributed by atoms with E-state index in [1.807, 2.05) is 0 Å². The molecule has 17 heavy (non-hydrogen) atoms. The molecule has 0 radical (unpaired) electrons. The molecule has 0 fully saturated rings. The summed E-state index contributed by atoms with van der Waals surface area (Å²) in [6.45, 7) is 2.27. The van der Waals surface area contributed by atoms with Crippen molar-refractivity contribution >= 4 is 19.2 Å². The molecule has 0 amide bonds. The van der Waals surface area contributed by atoms with Gasteiger partial charge in [-0.3, -0.25) is 0 Å². The van der Waals surface area contributed by atoms with Gasteiger partial charge in [0.15, 0.2) is 0 Å². The molecule has 0 aliphatic rings. The van der Waals surface area contributed by atoms with E-state index in [4.69, 9.17) is 11.1 Å². The number of rotatable bonds is 9. The molecule has 0 aliphatic heterocycles. The van der Waals surface area contributed by atoms with E-state index in [0.29, 0.717) is 0 Å². The Kier molecular flexibility index (Phi) is 8.46. The second kappa shape index (κ2) is 9.73. The van der Waals surface area contributed by atoms with E-state index in [1.54, 1.807) is 0 Å². The van der Waals surface area contributed by atoms with Crippen LogP contribution in [0.25, 0.3) is 0 Å². The van der Waals surface area contributed by atoms with Crippen LogP contribution >= 0.6 is 11.1 Å². The van der Waals surface area contributed by atoms with Gasteiger partial charge in [0, 0.05) is 0 Å². The Hall–Kier alpha value is -0.273. The Labute approximate surface area is 113 Å². The van der Waals surface area contributed by atoms with Gasteiger partial charge in [0.05, 0.1) is 0 Å². The van der Waals surface area contributed by atoms with Gasteiger partial charge in [0.1, 0.15) is 8.11 Å². The van der Waals surface area contributed by atoms with E-state index in [9.17, 15) is 0 Å². The maximum atomic E-state index is 6.49. The van der Waals surface area contributed by atoms with Crippen molar-refractivity contribution in [3.05, 3.63) is 35.9 Å². The number of benzene rings is 1. The molecule has 0 bridgehead atoms. The summed E-state index contributed by atoms with van der Waals surface area (Å²) < 4.78 is 0. The van der Waals surface area contributed by atoms with Crippen LogP contribution in [0.15, 0.2) is 30.3 Å². The molecule has 0 N–H and O–H groups in total. The van der Waals surface area contributed by atoms with Crippen molar-refractivity contribution in [1.29, 1.82) is 0 Å². The average Bonchev–Trinajstić information content (AvgIpc) is 2.35. The molecule has 0 spiro atoms. The number of halogens is 1. The summed E-state index contributed by atoms with van der Waals surface area (Å²) in [7, 11) is -1.02. The van der Waals surface area contributed by atoms with Crippen LogP contribution in [0, 0.1) is 0 Å². The van der Waals surface area contributed by atoms with Crippen LogP contribution in [0.3, 0.4) is 0 Å². The van der Waals surface area contributed by atoms with Gasteiger partial charge in [-0.15, -0.1) is 0 Å². The summed E-state index contributed by atoms with van der Waals surface area (Å²) in [5, 5.41) is 0. The van der Waals surface area contributed by atoms with Gasteiger partial charge in [-0.05, 0) is 17.7 Å². The zero-order valence-electron chi connectivity index (χ0n) is 11.0. The van der Waals surface area contributed by atoms with E-state index in [0.717, 1.165) is 6.04 Å². The minimum absolute atomic E-state index is 1.02. The van der Waals surface area contributed by atoms with Gasteiger partial charge >= 0.3 is 0 Å². The Morgan fingerprint density at radius 2 is 1.59 bits per heavy atom. The molecular weight excluding hydrogens is 244 g/mol. The topological polar surface area (TPSA) is 0 Å². The molecule has 96 valence electrons. The maximum absolute atomic E-state index is 6.49. The number of hydrogen-bond donors (Lipinski definition) is 0. The summed E-state index contributed by atoms with van der Waals surface area (Å²) in [4.78, 5) is 0. The van der Waals surface area contributed by atoms with Crippen molar-refractivity contribution < 1.29 is 0 Å². The van der Waals surface area contributed by atoms with Crippen LogP contribution in [-0.4, -0.2) is 8.11 Å². The second-order valence-electron chi connectivity index (χ2n) is 4.84. The van der Waals surface area contributed by atoms with E-state index >= 15 is 0 Å². The fourth-order valence-electron chi connectivity index (χ4n) is 2.12. The fraction of sp³-hybridized carbons (Fsp3) is 0.600. The third kappa shape index (κ3) is 7.61. The molecule has 0 saturated heterocycles. The monoisotopic (exact) mass is 268 g/mol. The maximum Gasteiger partial charge on any atom is 0.145 e. The predicted molar refractivity (Wildman–Crippen MR) is 81.3 cm³/mol. The third-order valence-electron chi connectivity index (χ3n) is 3.17. The zero-order valence-corrected chi connectivity index (χ0v) is 12.9. The third-order valence-corrected chi connectivity index (χ3v) is 6.24. The Morgan fingerprint density at radius 3 is 2.29 bits per heavy atom. The van der Waals surface area contributed by atoms with Crippen LogP contribution in [0.2, 0.25) is 6.04 Å². The van der Waals surface area contributed by atoms with Gasteiger partial charge in [-0.25, -0.2) is 0 Å². The summed E-state index contributed by atoms with van der Waals surface area (Å²) in [6, 6.07) is 13.1. The highest BCUT2D eigenvalue weighted by atomic mass is 35.6. The Bertz CT molecular complexity index is 274. The van der Waals surface area contributed by atoms with E-state index in [1.165, 1.54) is 50.1 Å². The van der Waals surface area contributed by atoms with Gasteiger partial charge in [-0.1, -0.05) is 75.8 Å². The largest absolute Gasteiger partial charge is 0.171 e. The highest BCUT2D eigenvalue weighted by molar-refractivity contribution is 7.06. The second-order valence-corrected chi connectivity index (χ2v) is 8.88. The van der Waals surface area contributed by atoms with Crippen molar-refractivity contribution in [1.82, 2.24) is 0 Å². The molecule has 0 heterocycles. The normalized spacial score (nSPS) is 12.6. The quantitative estimate of drug-likeness (QED) is 0.332. The zero-order chi connectivity index (χ0) is 12.3. The van der Waals surface area contributed by atoms with Crippen molar-refractivity contribution in [2.45, 2.75) is 57.5 Å². The first-order valence-corrected chi connectivity index (χ1v) is 10.4. The summed E-state index contributed by atoms with van der Waals surface area (Å²) in [5.74, 6) is 0. The van der Waals surface area contributed by atoms with Crippen molar-refractivity contribution in [2.75, 3.05) is 0 Å². The van der Waals surface area contributed by atoms with E-state index in [-0.39, 0.29) is 0 Å². The van der Waals surface area contributed by atoms with Crippen molar-refractivity contribution in [2.24, 2.45) is 0 Å². The SMILES string of the molecule is CCCCCCCC[SiH](Cl)Cc1ccccc1. The molecular formula is C15H25ClSi. The molecule has 0 aliphatic carbocycles. The van der Waals surface area contributed by atoms with Crippen LogP contribution in [-0.2, 0) is 6.04 Å². The van der Waals surface area contributed by atoms with E-state index < -0.39 is 8.11 Å². The molecule has 1 atom stereocenters. The lowest BCUT2D eigenvalue weighted by Crippen LogP contribution is -2.08. The highest BCUT2D eigenvalue weighted by Crippen LogP contribution is 2.14. The molecule has 0 nitrogen and oxygen atoms in total. The molecule has 1 rings (SSSR count). The molecule has 0 aromatic heterocycles. The van der Waals surface area contributed by atoms with Crippen molar-refractivity contribution in [3.63, 3.8) is 0 Å². The predicted octanol–water partition coefficient (Wildman–Crippen LogP) is 5.09. The number of unbranched alkanes of at least 4 members (excludes halogenated alkanes) is 5. The fourth-order valence-corrected chi connectivity index (χ4v) is 4.83. The summed E-state index contributed by atoms with van der Waals surface area (Å²) in [6.07, 6.45) is 8.26. The van der Waals surface area contributed by atoms with Gasteiger partial charge in [-0.2, -0.15) is 11.1 Å². The summed E-state index contributed by atoms with van der Waals surface area (Å²) >= 11 is 6.49. The molecule has 1 aromatic carbocycles. The smallest absolute Gasteiger partial charge is 0.145 e. The van der Waals surface area contributed by atoms with Crippen LogP contribution in [0.1, 0.15) is 51.0 Å². The average molecular weight is 269 g/mol. The van der Waals surface area contributed by atoms with Gasteiger partial charge < -0.3 is 0 Å². The minimum atomic E-state index is -1.02.